The van der Waals surface area contributed by atoms with Crippen molar-refractivity contribution in [2.45, 2.75) is 25.7 Å². The number of hydrogen-bond donors (Lipinski definition) is 0. The third-order valence-electron chi connectivity index (χ3n) is 4.59. The second kappa shape index (κ2) is 6.40. The monoisotopic (exact) mass is 272 g/mol. The summed E-state index contributed by atoms with van der Waals surface area (Å²) in [5.74, 6) is 0.683. The van der Waals surface area contributed by atoms with Crippen LogP contribution in [0.15, 0.2) is 30.3 Å². The average molecular weight is 272 g/mol. The van der Waals surface area contributed by atoms with Gasteiger partial charge in [0.25, 0.3) is 0 Å². The zero-order chi connectivity index (χ0) is 13.8. The molecule has 0 N–H and O–H groups in total. The fourth-order valence-electron chi connectivity index (χ4n) is 3.36. The van der Waals surface area contributed by atoms with Gasteiger partial charge < -0.3 is 4.90 Å². The molecule has 0 saturated carbocycles. The first kappa shape index (κ1) is 13.6. The molecule has 2 heterocycles. The van der Waals surface area contributed by atoms with E-state index >= 15 is 0 Å². The van der Waals surface area contributed by atoms with Crippen molar-refractivity contribution in [2.75, 3.05) is 37.6 Å². The molecule has 1 unspecified atom stereocenters. The van der Waals surface area contributed by atoms with Crippen molar-refractivity contribution in [1.82, 2.24) is 4.90 Å². The van der Waals surface area contributed by atoms with E-state index in [1.54, 1.807) is 0 Å². The Kier molecular flexibility index (Phi) is 4.36. The van der Waals surface area contributed by atoms with Gasteiger partial charge >= 0.3 is 0 Å². The number of anilines is 1. The Labute approximate surface area is 121 Å². The normalized spacial score (nSPS) is 24.0. The molecule has 3 nitrogen and oxygen atoms in total. The van der Waals surface area contributed by atoms with E-state index in [-0.39, 0.29) is 5.92 Å². The van der Waals surface area contributed by atoms with Crippen molar-refractivity contribution in [3.8, 4) is 0 Å². The number of carbonyl (C=O) groups is 1. The molecule has 0 amide bonds. The van der Waals surface area contributed by atoms with Crippen LogP contribution in [-0.2, 0) is 4.79 Å². The summed E-state index contributed by atoms with van der Waals surface area (Å²) in [7, 11) is 0. The van der Waals surface area contributed by atoms with Gasteiger partial charge in [-0.25, -0.2) is 0 Å². The van der Waals surface area contributed by atoms with E-state index in [0.29, 0.717) is 12.3 Å². The van der Waals surface area contributed by atoms with Gasteiger partial charge in [0, 0.05) is 24.7 Å². The van der Waals surface area contributed by atoms with E-state index in [9.17, 15) is 4.79 Å². The van der Waals surface area contributed by atoms with E-state index in [2.05, 4.69) is 34.1 Å². The van der Waals surface area contributed by atoms with Gasteiger partial charge in [0.2, 0.25) is 0 Å². The molecule has 2 aliphatic heterocycles. The maximum atomic E-state index is 12.4. The van der Waals surface area contributed by atoms with Crippen LogP contribution in [0.25, 0.3) is 0 Å². The van der Waals surface area contributed by atoms with E-state index in [4.69, 9.17) is 0 Å². The average Bonchev–Trinajstić information content (AvgIpc) is 2.99. The first-order valence-corrected chi connectivity index (χ1v) is 7.88. The number of hydrogen-bond acceptors (Lipinski definition) is 3. The number of carbonyl (C=O) groups excluding carboxylic acids is 1. The molecule has 1 atom stereocenters. The Balaban J connectivity index is 1.53. The summed E-state index contributed by atoms with van der Waals surface area (Å²) in [5, 5.41) is 0. The standard InChI is InChI=1S/C17H24N2O/c20-17(14-18-10-5-2-6-11-18)15-9-12-19(13-15)16-7-3-1-4-8-16/h1,3-4,7-8,15H,2,5-6,9-14H2. The van der Waals surface area contributed by atoms with Crippen molar-refractivity contribution in [3.05, 3.63) is 30.3 Å². The lowest BCUT2D eigenvalue weighted by Gasteiger charge is -2.26. The summed E-state index contributed by atoms with van der Waals surface area (Å²) in [6, 6.07) is 10.4. The van der Waals surface area contributed by atoms with Gasteiger partial charge in [-0.15, -0.1) is 0 Å². The highest BCUT2D eigenvalue weighted by Crippen LogP contribution is 2.24. The summed E-state index contributed by atoms with van der Waals surface area (Å²) < 4.78 is 0. The predicted octanol–water partition coefficient (Wildman–Crippen LogP) is 2.57. The molecule has 20 heavy (non-hydrogen) atoms. The second-order valence-corrected chi connectivity index (χ2v) is 6.07. The maximum Gasteiger partial charge on any atom is 0.151 e. The van der Waals surface area contributed by atoms with Crippen molar-refractivity contribution in [3.63, 3.8) is 0 Å². The Morgan fingerprint density at radius 2 is 1.80 bits per heavy atom. The summed E-state index contributed by atoms with van der Waals surface area (Å²) in [6.07, 6.45) is 4.86. The van der Waals surface area contributed by atoms with Gasteiger partial charge in [-0.05, 0) is 44.5 Å². The maximum absolute atomic E-state index is 12.4. The molecule has 0 aliphatic carbocycles. The van der Waals surface area contributed by atoms with Crippen LogP contribution in [0, 0.1) is 5.92 Å². The predicted molar refractivity (Wildman–Crippen MR) is 82.1 cm³/mol. The number of benzene rings is 1. The third-order valence-corrected chi connectivity index (χ3v) is 4.59. The number of likely N-dealkylation sites (tertiary alicyclic amines) is 1. The minimum Gasteiger partial charge on any atom is -0.371 e. The molecule has 1 aromatic rings. The molecule has 0 bridgehead atoms. The highest BCUT2D eigenvalue weighted by molar-refractivity contribution is 5.84. The minimum atomic E-state index is 0.233. The van der Waals surface area contributed by atoms with Crippen LogP contribution in [0.4, 0.5) is 5.69 Å². The van der Waals surface area contributed by atoms with Gasteiger partial charge in [-0.3, -0.25) is 9.69 Å². The Morgan fingerprint density at radius 1 is 1.05 bits per heavy atom. The van der Waals surface area contributed by atoms with Crippen LogP contribution >= 0.6 is 0 Å². The van der Waals surface area contributed by atoms with Crippen molar-refractivity contribution in [2.24, 2.45) is 5.92 Å². The van der Waals surface area contributed by atoms with E-state index in [1.807, 2.05) is 6.07 Å². The first-order valence-electron chi connectivity index (χ1n) is 7.88. The molecule has 0 spiro atoms. The fraction of sp³-hybridized carbons (Fsp3) is 0.588. The lowest BCUT2D eigenvalue weighted by atomic mass is 10.0. The van der Waals surface area contributed by atoms with E-state index in [1.165, 1.54) is 24.9 Å². The van der Waals surface area contributed by atoms with Crippen LogP contribution in [0.1, 0.15) is 25.7 Å². The summed E-state index contributed by atoms with van der Waals surface area (Å²) in [4.78, 5) is 17.1. The van der Waals surface area contributed by atoms with Gasteiger partial charge in [-0.2, -0.15) is 0 Å². The molecular weight excluding hydrogens is 248 g/mol. The molecular formula is C17H24N2O. The molecule has 2 saturated heterocycles. The van der Waals surface area contributed by atoms with Gasteiger partial charge in [0.15, 0.2) is 5.78 Å². The second-order valence-electron chi connectivity index (χ2n) is 6.07. The molecule has 0 aromatic heterocycles. The number of nitrogens with zero attached hydrogens (tertiary/aromatic N) is 2. The van der Waals surface area contributed by atoms with Crippen molar-refractivity contribution in [1.29, 1.82) is 0 Å². The molecule has 108 valence electrons. The fourth-order valence-corrected chi connectivity index (χ4v) is 3.36. The Morgan fingerprint density at radius 3 is 2.55 bits per heavy atom. The zero-order valence-corrected chi connectivity index (χ0v) is 12.1. The number of Topliss-reactive ketones (excluding diaryl/α,β-unsaturated/α-hetero) is 1. The Bertz CT molecular complexity index is 440. The zero-order valence-electron chi connectivity index (χ0n) is 12.1. The molecule has 2 fully saturated rings. The van der Waals surface area contributed by atoms with E-state index in [0.717, 1.165) is 32.6 Å². The van der Waals surface area contributed by atoms with Crippen LogP contribution in [-0.4, -0.2) is 43.4 Å². The summed E-state index contributed by atoms with van der Waals surface area (Å²) >= 11 is 0. The molecule has 1 aromatic carbocycles. The third kappa shape index (κ3) is 3.21. The van der Waals surface area contributed by atoms with Crippen molar-refractivity contribution < 1.29 is 4.79 Å². The quantitative estimate of drug-likeness (QED) is 0.841. The highest BCUT2D eigenvalue weighted by atomic mass is 16.1. The van der Waals surface area contributed by atoms with Crippen LogP contribution in [0.5, 0.6) is 0 Å². The number of ketones is 1. The van der Waals surface area contributed by atoms with Crippen molar-refractivity contribution >= 4 is 11.5 Å². The number of piperidine rings is 1. The summed E-state index contributed by atoms with van der Waals surface area (Å²) in [5.41, 5.74) is 1.25. The number of rotatable bonds is 4. The topological polar surface area (TPSA) is 23.6 Å². The van der Waals surface area contributed by atoms with Gasteiger partial charge in [-0.1, -0.05) is 24.6 Å². The number of para-hydroxylation sites is 1. The van der Waals surface area contributed by atoms with E-state index < -0.39 is 0 Å². The highest BCUT2D eigenvalue weighted by Gasteiger charge is 2.29. The van der Waals surface area contributed by atoms with Gasteiger partial charge in [0.1, 0.15) is 0 Å². The van der Waals surface area contributed by atoms with Crippen LogP contribution in [0.3, 0.4) is 0 Å². The largest absolute Gasteiger partial charge is 0.371 e. The smallest absolute Gasteiger partial charge is 0.151 e. The minimum absolute atomic E-state index is 0.233. The van der Waals surface area contributed by atoms with Crippen LogP contribution < -0.4 is 4.90 Å². The van der Waals surface area contributed by atoms with Crippen LogP contribution in [0.2, 0.25) is 0 Å². The molecule has 0 radical (unpaired) electrons. The SMILES string of the molecule is O=C(CN1CCCCC1)C1CCN(c2ccccc2)C1. The lowest BCUT2D eigenvalue weighted by molar-refractivity contribution is -0.123. The molecule has 3 heteroatoms. The molecule has 2 aliphatic rings. The molecule has 3 rings (SSSR count). The summed E-state index contributed by atoms with van der Waals surface area (Å²) in [6.45, 7) is 4.81. The van der Waals surface area contributed by atoms with Gasteiger partial charge in [0.05, 0.1) is 6.54 Å². The lowest BCUT2D eigenvalue weighted by Crippen LogP contribution is -2.37. The Hall–Kier alpha value is -1.35. The first-order chi connectivity index (χ1) is 9.83.